The summed E-state index contributed by atoms with van der Waals surface area (Å²) in [4.78, 5) is 5.08. The first-order valence-corrected chi connectivity index (χ1v) is 7.31. The number of nitrogens with zero attached hydrogens (tertiary/aromatic N) is 2. The second-order valence-corrected chi connectivity index (χ2v) is 5.93. The van der Waals surface area contributed by atoms with Crippen LogP contribution in [0.3, 0.4) is 0 Å². The summed E-state index contributed by atoms with van der Waals surface area (Å²) in [6.07, 6.45) is 1.24. The minimum atomic E-state index is 0.620. The number of anilines is 1. The Morgan fingerprint density at radius 3 is 2.72 bits per heavy atom. The van der Waals surface area contributed by atoms with Crippen molar-refractivity contribution in [3.05, 3.63) is 29.3 Å². The molecule has 1 saturated heterocycles. The van der Waals surface area contributed by atoms with Gasteiger partial charge in [0.25, 0.3) is 0 Å². The fourth-order valence-corrected chi connectivity index (χ4v) is 3.43. The molecule has 2 heterocycles. The first kappa shape index (κ1) is 12.0. The summed E-state index contributed by atoms with van der Waals surface area (Å²) in [7, 11) is 0. The lowest BCUT2D eigenvalue weighted by Crippen LogP contribution is -2.44. The van der Waals surface area contributed by atoms with Gasteiger partial charge < -0.3 is 9.80 Å². The molecule has 1 fully saturated rings. The molecule has 0 N–H and O–H groups in total. The molecule has 18 heavy (non-hydrogen) atoms. The second kappa shape index (κ2) is 4.58. The van der Waals surface area contributed by atoms with E-state index >= 15 is 0 Å². The van der Waals surface area contributed by atoms with E-state index < -0.39 is 0 Å². The zero-order valence-corrected chi connectivity index (χ0v) is 11.8. The summed E-state index contributed by atoms with van der Waals surface area (Å²) in [5, 5.41) is 0. The smallest absolute Gasteiger partial charge is 0.0404 e. The molecule has 1 aromatic rings. The first-order chi connectivity index (χ1) is 8.70. The van der Waals surface area contributed by atoms with Crippen LogP contribution in [0.15, 0.2) is 18.2 Å². The van der Waals surface area contributed by atoms with E-state index in [4.69, 9.17) is 0 Å². The van der Waals surface area contributed by atoms with E-state index in [0.29, 0.717) is 6.04 Å². The fourth-order valence-electron chi connectivity index (χ4n) is 3.43. The van der Waals surface area contributed by atoms with Gasteiger partial charge in [0, 0.05) is 37.3 Å². The zero-order chi connectivity index (χ0) is 12.7. The zero-order valence-electron chi connectivity index (χ0n) is 11.8. The predicted octanol–water partition coefficient (Wildman–Crippen LogP) is 2.88. The highest BCUT2D eigenvalue weighted by Crippen LogP contribution is 2.38. The molecule has 2 aliphatic heterocycles. The number of rotatable bonds is 3. The molecule has 2 heteroatoms. The summed E-state index contributed by atoms with van der Waals surface area (Å²) >= 11 is 0. The van der Waals surface area contributed by atoms with Gasteiger partial charge in [-0.2, -0.15) is 0 Å². The van der Waals surface area contributed by atoms with Crippen molar-refractivity contribution in [3.8, 4) is 0 Å². The van der Waals surface area contributed by atoms with Gasteiger partial charge in [0.1, 0.15) is 0 Å². The number of likely N-dealkylation sites (N-methyl/N-ethyl adjacent to an activating group) is 1. The highest BCUT2D eigenvalue weighted by Gasteiger charge is 2.31. The van der Waals surface area contributed by atoms with Crippen LogP contribution in [0.25, 0.3) is 0 Å². The van der Waals surface area contributed by atoms with Gasteiger partial charge in [0.15, 0.2) is 0 Å². The fraction of sp³-hybridized carbons (Fsp3) is 0.625. The van der Waals surface area contributed by atoms with Crippen LogP contribution in [0, 0.1) is 0 Å². The Bertz CT molecular complexity index is 433. The van der Waals surface area contributed by atoms with Crippen LogP contribution >= 0.6 is 0 Å². The minimum Gasteiger partial charge on any atom is -0.369 e. The van der Waals surface area contributed by atoms with Gasteiger partial charge in [-0.3, -0.25) is 0 Å². The third-order valence-corrected chi connectivity index (χ3v) is 4.57. The van der Waals surface area contributed by atoms with E-state index in [9.17, 15) is 0 Å². The Labute approximate surface area is 111 Å². The molecular weight excluding hydrogens is 220 g/mol. The molecule has 3 rings (SSSR count). The minimum absolute atomic E-state index is 0.620. The van der Waals surface area contributed by atoms with Gasteiger partial charge in [0.05, 0.1) is 0 Å². The molecule has 1 aromatic carbocycles. The van der Waals surface area contributed by atoms with Crippen molar-refractivity contribution >= 4 is 5.69 Å². The highest BCUT2D eigenvalue weighted by atomic mass is 15.2. The number of likely N-dealkylation sites (tertiary alicyclic amines) is 1. The average Bonchev–Trinajstić information content (AvgIpc) is 2.72. The number of fused-ring (bicyclic) bond motifs is 1. The van der Waals surface area contributed by atoms with Gasteiger partial charge >= 0.3 is 0 Å². The standard InChI is InChI=1S/C16H24N2/c1-4-17-10-13(11-17)14-6-5-7-16-15(14)8-9-18(16)12(2)3/h5-7,12-13H,4,8-11H2,1-3H3. The molecule has 0 radical (unpaired) electrons. The summed E-state index contributed by atoms with van der Waals surface area (Å²) in [6, 6.07) is 7.54. The molecule has 0 aromatic heterocycles. The third-order valence-electron chi connectivity index (χ3n) is 4.57. The first-order valence-electron chi connectivity index (χ1n) is 7.31. The molecule has 2 aliphatic rings. The summed E-state index contributed by atoms with van der Waals surface area (Å²) in [5.74, 6) is 0.784. The largest absolute Gasteiger partial charge is 0.369 e. The van der Waals surface area contributed by atoms with Gasteiger partial charge in [-0.05, 0) is 44.0 Å². The summed E-state index contributed by atoms with van der Waals surface area (Å²) in [6.45, 7) is 11.8. The van der Waals surface area contributed by atoms with Crippen LogP contribution in [-0.4, -0.2) is 37.1 Å². The van der Waals surface area contributed by atoms with Crippen molar-refractivity contribution < 1.29 is 0 Å². The second-order valence-electron chi connectivity index (χ2n) is 5.93. The van der Waals surface area contributed by atoms with Crippen molar-refractivity contribution in [1.82, 2.24) is 4.90 Å². The Balaban J connectivity index is 1.86. The van der Waals surface area contributed by atoms with Crippen molar-refractivity contribution in [1.29, 1.82) is 0 Å². The molecule has 0 spiro atoms. The maximum atomic E-state index is 2.55. The molecule has 0 aliphatic carbocycles. The molecule has 2 nitrogen and oxygen atoms in total. The Hall–Kier alpha value is -1.02. The van der Waals surface area contributed by atoms with Crippen LogP contribution < -0.4 is 4.90 Å². The molecule has 0 bridgehead atoms. The molecule has 0 unspecified atom stereocenters. The van der Waals surface area contributed by atoms with Crippen LogP contribution in [0.4, 0.5) is 5.69 Å². The van der Waals surface area contributed by atoms with Crippen LogP contribution in [0.1, 0.15) is 37.8 Å². The van der Waals surface area contributed by atoms with Gasteiger partial charge in [0.2, 0.25) is 0 Å². The normalized spacial score (nSPS) is 20.3. The highest BCUT2D eigenvalue weighted by molar-refractivity contribution is 5.62. The summed E-state index contributed by atoms with van der Waals surface area (Å²) in [5.41, 5.74) is 4.75. The molecule has 0 atom stereocenters. The lowest BCUT2D eigenvalue weighted by Gasteiger charge is -2.39. The Morgan fingerprint density at radius 1 is 1.28 bits per heavy atom. The van der Waals surface area contributed by atoms with Gasteiger partial charge in [-0.15, -0.1) is 0 Å². The average molecular weight is 244 g/mol. The predicted molar refractivity (Wildman–Crippen MR) is 77.5 cm³/mol. The number of hydrogen-bond acceptors (Lipinski definition) is 2. The molecule has 0 amide bonds. The van der Waals surface area contributed by atoms with Crippen molar-refractivity contribution in [3.63, 3.8) is 0 Å². The van der Waals surface area contributed by atoms with Crippen molar-refractivity contribution in [2.24, 2.45) is 0 Å². The quantitative estimate of drug-likeness (QED) is 0.806. The number of hydrogen-bond donors (Lipinski definition) is 0. The molecule has 98 valence electrons. The van der Waals surface area contributed by atoms with Crippen molar-refractivity contribution in [2.75, 3.05) is 31.1 Å². The van der Waals surface area contributed by atoms with E-state index in [0.717, 1.165) is 5.92 Å². The number of benzene rings is 1. The lowest BCUT2D eigenvalue weighted by molar-refractivity contribution is 0.157. The maximum absolute atomic E-state index is 2.55. The molecule has 0 saturated carbocycles. The van der Waals surface area contributed by atoms with E-state index in [1.165, 1.54) is 38.3 Å². The monoisotopic (exact) mass is 244 g/mol. The maximum Gasteiger partial charge on any atom is 0.0404 e. The van der Waals surface area contributed by atoms with E-state index in [1.54, 1.807) is 11.1 Å². The van der Waals surface area contributed by atoms with E-state index in [1.807, 2.05) is 0 Å². The SMILES string of the molecule is CCN1CC(c2cccc3c2CCN3C(C)C)C1. The van der Waals surface area contributed by atoms with E-state index in [2.05, 4.69) is 48.8 Å². The van der Waals surface area contributed by atoms with Crippen LogP contribution in [0.5, 0.6) is 0 Å². The summed E-state index contributed by atoms with van der Waals surface area (Å²) < 4.78 is 0. The Morgan fingerprint density at radius 2 is 2.06 bits per heavy atom. The molecular formula is C16H24N2. The van der Waals surface area contributed by atoms with Crippen molar-refractivity contribution in [2.45, 2.75) is 39.2 Å². The van der Waals surface area contributed by atoms with Crippen LogP contribution in [0.2, 0.25) is 0 Å². The van der Waals surface area contributed by atoms with Gasteiger partial charge in [-0.25, -0.2) is 0 Å². The topological polar surface area (TPSA) is 6.48 Å². The van der Waals surface area contributed by atoms with Gasteiger partial charge in [-0.1, -0.05) is 19.1 Å². The third kappa shape index (κ3) is 1.83. The lowest BCUT2D eigenvalue weighted by atomic mass is 9.87. The van der Waals surface area contributed by atoms with E-state index in [-0.39, 0.29) is 0 Å². The van der Waals surface area contributed by atoms with Crippen LogP contribution in [-0.2, 0) is 6.42 Å². The Kier molecular flexibility index (Phi) is 3.06.